The molecular weight excluding hydrogens is 178 g/mol. The van der Waals surface area contributed by atoms with Crippen LogP contribution in [0.5, 0.6) is 0 Å². The molecule has 0 unspecified atom stereocenters. The number of benzene rings is 1. The number of fused-ring (bicyclic) bond motifs is 1. The van der Waals surface area contributed by atoms with Crippen molar-refractivity contribution in [3.05, 3.63) is 34.4 Å². The number of aryl methyl sites for hydroxylation is 1. The molecule has 1 aromatic carbocycles. The predicted molar refractivity (Wildman–Crippen MR) is 53.2 cm³/mol. The molecule has 0 saturated carbocycles. The van der Waals surface area contributed by atoms with Crippen molar-refractivity contribution in [3.63, 3.8) is 0 Å². The van der Waals surface area contributed by atoms with Gasteiger partial charge in [-0.1, -0.05) is 17.3 Å². The molecule has 0 aromatic heterocycles. The largest absolute Gasteiger partial charge is 0.411 e. The first-order chi connectivity index (χ1) is 6.65. The minimum absolute atomic E-state index is 0.135. The van der Waals surface area contributed by atoms with Gasteiger partial charge >= 0.3 is 0 Å². The van der Waals surface area contributed by atoms with Gasteiger partial charge in [-0.25, -0.2) is 0 Å². The van der Waals surface area contributed by atoms with E-state index in [0.29, 0.717) is 6.42 Å². The fourth-order valence-electron chi connectivity index (χ4n) is 1.82. The van der Waals surface area contributed by atoms with Crippen molar-refractivity contribution in [2.75, 3.05) is 0 Å². The van der Waals surface area contributed by atoms with Gasteiger partial charge in [0.2, 0.25) is 5.78 Å². The number of hydrogen-bond donors (Lipinski definition) is 1. The molecule has 0 bridgehead atoms. The zero-order chi connectivity index (χ0) is 10.3. The van der Waals surface area contributed by atoms with Gasteiger partial charge in [0.1, 0.15) is 5.71 Å². The summed E-state index contributed by atoms with van der Waals surface area (Å²) in [5.41, 5.74) is 4.01. The summed E-state index contributed by atoms with van der Waals surface area (Å²) in [7, 11) is 0. The Morgan fingerprint density at radius 1 is 1.36 bits per heavy atom. The summed E-state index contributed by atoms with van der Waals surface area (Å²) in [6, 6.07) is 3.91. The van der Waals surface area contributed by atoms with Crippen LogP contribution in [0.15, 0.2) is 17.3 Å². The molecular formula is C11H11NO2. The van der Waals surface area contributed by atoms with Crippen LogP contribution in [0.4, 0.5) is 0 Å². The SMILES string of the molecule is Cc1ccc2c(c1C)C(=O)C(=NO)C2. The third kappa shape index (κ3) is 1.05. The first-order valence-electron chi connectivity index (χ1n) is 4.50. The Balaban J connectivity index is 2.67. The highest BCUT2D eigenvalue weighted by Gasteiger charge is 2.28. The lowest BCUT2D eigenvalue weighted by molar-refractivity contribution is 0.106. The molecule has 1 aliphatic carbocycles. The first-order valence-corrected chi connectivity index (χ1v) is 4.50. The van der Waals surface area contributed by atoms with Crippen molar-refractivity contribution >= 4 is 11.5 Å². The van der Waals surface area contributed by atoms with Crippen LogP contribution in [0, 0.1) is 13.8 Å². The lowest BCUT2D eigenvalue weighted by atomic mass is 9.99. The van der Waals surface area contributed by atoms with Gasteiger partial charge in [0.15, 0.2) is 0 Å². The molecule has 2 rings (SSSR count). The van der Waals surface area contributed by atoms with E-state index in [1.54, 1.807) is 0 Å². The molecule has 0 saturated heterocycles. The quantitative estimate of drug-likeness (QED) is 0.500. The van der Waals surface area contributed by atoms with Crippen molar-refractivity contribution in [1.82, 2.24) is 0 Å². The normalized spacial score (nSPS) is 17.6. The van der Waals surface area contributed by atoms with Gasteiger partial charge in [0.25, 0.3) is 0 Å². The number of oxime groups is 1. The fraction of sp³-hybridized carbons (Fsp3) is 0.273. The average Bonchev–Trinajstić information content (AvgIpc) is 2.50. The summed E-state index contributed by atoms with van der Waals surface area (Å²) in [4.78, 5) is 11.7. The van der Waals surface area contributed by atoms with Crippen LogP contribution < -0.4 is 0 Å². The topological polar surface area (TPSA) is 49.7 Å². The average molecular weight is 189 g/mol. The Morgan fingerprint density at radius 2 is 2.07 bits per heavy atom. The summed E-state index contributed by atoms with van der Waals surface area (Å²) in [6.07, 6.45) is 0.450. The van der Waals surface area contributed by atoms with Crippen molar-refractivity contribution in [2.24, 2.45) is 5.16 Å². The molecule has 14 heavy (non-hydrogen) atoms. The Bertz CT molecular complexity index is 447. The van der Waals surface area contributed by atoms with Crippen LogP contribution in [0.1, 0.15) is 27.0 Å². The number of carbonyl (C=O) groups excluding carboxylic acids is 1. The second-order valence-corrected chi connectivity index (χ2v) is 3.59. The third-order valence-electron chi connectivity index (χ3n) is 2.79. The first kappa shape index (κ1) is 8.94. The van der Waals surface area contributed by atoms with Crippen molar-refractivity contribution in [3.8, 4) is 0 Å². The van der Waals surface area contributed by atoms with E-state index in [0.717, 1.165) is 22.3 Å². The minimum atomic E-state index is -0.135. The maximum atomic E-state index is 11.7. The summed E-state index contributed by atoms with van der Waals surface area (Å²) >= 11 is 0. The molecule has 0 heterocycles. The van der Waals surface area contributed by atoms with Gasteiger partial charge in [0.05, 0.1) is 0 Å². The predicted octanol–water partition coefficient (Wildman–Crippen LogP) is 1.87. The van der Waals surface area contributed by atoms with Crippen LogP contribution in [-0.4, -0.2) is 16.7 Å². The zero-order valence-corrected chi connectivity index (χ0v) is 8.16. The van der Waals surface area contributed by atoms with Gasteiger partial charge in [-0.2, -0.15) is 0 Å². The van der Waals surface area contributed by atoms with Crippen molar-refractivity contribution in [1.29, 1.82) is 0 Å². The lowest BCUT2D eigenvalue weighted by Gasteiger charge is -2.04. The van der Waals surface area contributed by atoms with E-state index >= 15 is 0 Å². The Morgan fingerprint density at radius 3 is 2.71 bits per heavy atom. The smallest absolute Gasteiger partial charge is 0.211 e. The number of hydrogen-bond acceptors (Lipinski definition) is 3. The molecule has 1 aromatic rings. The van der Waals surface area contributed by atoms with Gasteiger partial charge < -0.3 is 5.21 Å². The van der Waals surface area contributed by atoms with E-state index in [9.17, 15) is 4.79 Å². The molecule has 3 nitrogen and oxygen atoms in total. The van der Waals surface area contributed by atoms with E-state index in [1.165, 1.54) is 0 Å². The number of rotatable bonds is 0. The highest BCUT2D eigenvalue weighted by molar-refractivity contribution is 6.49. The Hall–Kier alpha value is -1.64. The molecule has 0 fully saturated rings. The second kappa shape index (κ2) is 2.94. The molecule has 0 aliphatic heterocycles. The summed E-state index contributed by atoms with van der Waals surface area (Å²) < 4.78 is 0. The van der Waals surface area contributed by atoms with E-state index < -0.39 is 0 Å². The van der Waals surface area contributed by atoms with Crippen molar-refractivity contribution < 1.29 is 10.0 Å². The van der Waals surface area contributed by atoms with Gasteiger partial charge in [-0.15, -0.1) is 0 Å². The maximum Gasteiger partial charge on any atom is 0.211 e. The van der Waals surface area contributed by atoms with Crippen LogP contribution in [0.3, 0.4) is 0 Å². The molecule has 72 valence electrons. The van der Waals surface area contributed by atoms with E-state index in [-0.39, 0.29) is 11.5 Å². The number of Topliss-reactive ketones (excluding diaryl/α,β-unsaturated/α-hetero) is 1. The van der Waals surface area contributed by atoms with Crippen LogP contribution in [0.25, 0.3) is 0 Å². The molecule has 0 radical (unpaired) electrons. The van der Waals surface area contributed by atoms with E-state index in [4.69, 9.17) is 5.21 Å². The molecule has 3 heteroatoms. The molecule has 1 aliphatic rings. The van der Waals surface area contributed by atoms with Crippen molar-refractivity contribution in [2.45, 2.75) is 20.3 Å². The second-order valence-electron chi connectivity index (χ2n) is 3.59. The maximum absolute atomic E-state index is 11.7. The Kier molecular flexibility index (Phi) is 1.88. The van der Waals surface area contributed by atoms with Crippen LogP contribution in [0.2, 0.25) is 0 Å². The highest BCUT2D eigenvalue weighted by atomic mass is 16.4. The fourth-order valence-corrected chi connectivity index (χ4v) is 1.82. The van der Waals surface area contributed by atoms with Gasteiger partial charge in [-0.05, 0) is 30.5 Å². The molecule has 0 spiro atoms. The van der Waals surface area contributed by atoms with Crippen LogP contribution in [-0.2, 0) is 6.42 Å². The third-order valence-corrected chi connectivity index (χ3v) is 2.79. The molecule has 1 N–H and O–H groups in total. The number of ketones is 1. The number of nitrogens with zero attached hydrogens (tertiary/aromatic N) is 1. The van der Waals surface area contributed by atoms with Gasteiger partial charge in [0, 0.05) is 12.0 Å². The van der Waals surface area contributed by atoms with Crippen LogP contribution >= 0.6 is 0 Å². The highest BCUT2D eigenvalue weighted by Crippen LogP contribution is 2.25. The molecule has 0 atom stereocenters. The minimum Gasteiger partial charge on any atom is -0.411 e. The lowest BCUT2D eigenvalue weighted by Crippen LogP contribution is -2.08. The summed E-state index contributed by atoms with van der Waals surface area (Å²) in [5, 5.41) is 11.7. The summed E-state index contributed by atoms with van der Waals surface area (Å²) in [5.74, 6) is -0.135. The van der Waals surface area contributed by atoms with E-state index in [1.807, 2.05) is 26.0 Å². The standard InChI is InChI=1S/C11H11NO2/c1-6-3-4-8-5-9(12-14)11(13)10(8)7(6)2/h3-4,14H,5H2,1-2H3. The van der Waals surface area contributed by atoms with E-state index in [2.05, 4.69) is 5.16 Å². The summed E-state index contributed by atoms with van der Waals surface area (Å²) in [6.45, 7) is 3.89. The monoisotopic (exact) mass is 189 g/mol. The zero-order valence-electron chi connectivity index (χ0n) is 8.16. The Labute approximate surface area is 82.1 Å². The molecule has 0 amide bonds. The number of carbonyl (C=O) groups is 1. The van der Waals surface area contributed by atoms with Gasteiger partial charge in [-0.3, -0.25) is 4.79 Å².